The summed E-state index contributed by atoms with van der Waals surface area (Å²) in [5.74, 6) is -0.795. The number of non-ortho nitro benzene ring substituents is 1. The van der Waals surface area contributed by atoms with Crippen LogP contribution in [-0.2, 0) is 9.59 Å². The van der Waals surface area contributed by atoms with Crippen LogP contribution >= 0.6 is 0 Å². The van der Waals surface area contributed by atoms with Crippen LogP contribution in [-0.4, -0.2) is 65.3 Å². The Morgan fingerprint density at radius 3 is 2.37 bits per heavy atom. The number of aryl methyl sites for hydroxylation is 1. The normalized spacial score (nSPS) is 17.5. The van der Waals surface area contributed by atoms with Gasteiger partial charge in [0.2, 0.25) is 0 Å². The van der Waals surface area contributed by atoms with Crippen molar-refractivity contribution in [2.24, 2.45) is 5.92 Å². The molecule has 2 aromatic rings. The minimum absolute atomic E-state index is 0.0402. The smallest absolute Gasteiger partial charge is 0.295 e. The second-order valence-corrected chi connectivity index (χ2v) is 9.33. The number of likely N-dealkylation sites (tertiary alicyclic amines) is 1. The number of Topliss-reactive ketones (excluding diaryl/α,β-unsaturated/α-hetero) is 1. The summed E-state index contributed by atoms with van der Waals surface area (Å²) in [5, 5.41) is 22.4. The molecule has 0 aromatic heterocycles. The number of carbonyl (C=O) groups is 2. The lowest BCUT2D eigenvalue weighted by Gasteiger charge is -2.26. The van der Waals surface area contributed by atoms with E-state index in [-0.39, 0.29) is 23.6 Å². The van der Waals surface area contributed by atoms with Gasteiger partial charge in [-0.05, 0) is 68.4 Å². The van der Waals surface area contributed by atoms with E-state index in [9.17, 15) is 24.8 Å². The Kier molecular flexibility index (Phi) is 7.91. The van der Waals surface area contributed by atoms with Gasteiger partial charge in [0.15, 0.2) is 0 Å². The summed E-state index contributed by atoms with van der Waals surface area (Å²) < 4.78 is 5.75. The molecule has 0 saturated carbocycles. The number of nitro benzene ring substituents is 1. The number of amides is 1. The average Bonchev–Trinajstić information content (AvgIpc) is 3.05. The van der Waals surface area contributed by atoms with Crippen LogP contribution in [0.3, 0.4) is 0 Å². The van der Waals surface area contributed by atoms with Gasteiger partial charge in [0.25, 0.3) is 17.4 Å². The molecule has 0 radical (unpaired) electrons. The van der Waals surface area contributed by atoms with E-state index in [1.165, 1.54) is 29.2 Å². The number of aliphatic hydroxyl groups is 1. The summed E-state index contributed by atoms with van der Waals surface area (Å²) in [6.45, 7) is 7.16. The predicted octanol–water partition coefficient (Wildman–Crippen LogP) is 3.92. The van der Waals surface area contributed by atoms with E-state index in [1.807, 2.05) is 32.8 Å². The molecule has 1 amide bonds. The molecule has 2 aromatic carbocycles. The van der Waals surface area contributed by atoms with E-state index >= 15 is 0 Å². The molecule has 1 aliphatic heterocycles. The van der Waals surface area contributed by atoms with Gasteiger partial charge in [0, 0.05) is 30.8 Å². The van der Waals surface area contributed by atoms with Crippen molar-refractivity contribution in [3.63, 3.8) is 0 Å². The second kappa shape index (κ2) is 10.7. The van der Waals surface area contributed by atoms with Gasteiger partial charge in [0.05, 0.1) is 23.1 Å². The van der Waals surface area contributed by atoms with E-state index < -0.39 is 22.7 Å². The fraction of sp³-hybridized carbons (Fsp3) is 0.385. The molecule has 186 valence electrons. The maximum absolute atomic E-state index is 13.1. The molecule has 35 heavy (non-hydrogen) atoms. The topological polar surface area (TPSA) is 113 Å². The van der Waals surface area contributed by atoms with Crippen molar-refractivity contribution in [2.75, 3.05) is 33.8 Å². The fourth-order valence-corrected chi connectivity index (χ4v) is 3.94. The minimum atomic E-state index is -0.868. The number of rotatable bonds is 9. The number of ether oxygens (including phenoxy) is 1. The van der Waals surface area contributed by atoms with Gasteiger partial charge in [-0.25, -0.2) is 0 Å². The molecule has 1 heterocycles. The quantitative estimate of drug-likeness (QED) is 0.190. The third-order valence-electron chi connectivity index (χ3n) is 5.78. The standard InChI is InChI=1S/C26H31N3O6/c1-16(2)15-35-20-10-11-21(17(3)14-20)24(30)22-23(18-6-8-19(9-7-18)29(33)34)28(13-12-27(4)5)26(32)25(22)31/h6-11,14,16,23,30H,12-13,15H2,1-5H3/b24-22+. The Balaban J connectivity index is 2.09. The van der Waals surface area contributed by atoms with Crippen LogP contribution in [0.1, 0.15) is 36.6 Å². The highest BCUT2D eigenvalue weighted by Crippen LogP contribution is 2.40. The highest BCUT2D eigenvalue weighted by Gasteiger charge is 2.46. The van der Waals surface area contributed by atoms with Gasteiger partial charge in [-0.15, -0.1) is 0 Å². The van der Waals surface area contributed by atoms with Crippen molar-refractivity contribution in [1.29, 1.82) is 0 Å². The van der Waals surface area contributed by atoms with E-state index in [2.05, 4.69) is 0 Å². The summed E-state index contributed by atoms with van der Waals surface area (Å²) in [6, 6.07) is 9.97. The first-order valence-electron chi connectivity index (χ1n) is 11.4. The van der Waals surface area contributed by atoms with Gasteiger partial charge in [0.1, 0.15) is 11.5 Å². The molecular formula is C26H31N3O6. The molecule has 1 saturated heterocycles. The zero-order valence-electron chi connectivity index (χ0n) is 20.6. The summed E-state index contributed by atoms with van der Waals surface area (Å²) in [4.78, 5) is 40.0. The molecule has 0 bridgehead atoms. The van der Waals surface area contributed by atoms with Crippen LogP contribution in [0.25, 0.3) is 5.76 Å². The van der Waals surface area contributed by atoms with Crippen molar-refractivity contribution in [3.8, 4) is 5.75 Å². The Bertz CT molecular complexity index is 1150. The van der Waals surface area contributed by atoms with Crippen LogP contribution in [0.4, 0.5) is 5.69 Å². The number of aliphatic hydroxyl groups excluding tert-OH is 1. The summed E-state index contributed by atoms with van der Waals surface area (Å²) >= 11 is 0. The van der Waals surface area contributed by atoms with E-state index in [0.29, 0.717) is 41.5 Å². The van der Waals surface area contributed by atoms with Crippen LogP contribution in [0.5, 0.6) is 5.75 Å². The first-order valence-corrected chi connectivity index (χ1v) is 11.4. The summed E-state index contributed by atoms with van der Waals surface area (Å²) in [5.41, 5.74) is 1.46. The third kappa shape index (κ3) is 5.68. The number of benzene rings is 2. The molecule has 1 atom stereocenters. The summed E-state index contributed by atoms with van der Waals surface area (Å²) in [6.07, 6.45) is 0. The highest BCUT2D eigenvalue weighted by molar-refractivity contribution is 6.46. The zero-order valence-corrected chi connectivity index (χ0v) is 20.6. The predicted molar refractivity (Wildman–Crippen MR) is 132 cm³/mol. The SMILES string of the molecule is Cc1cc(OCC(C)C)ccc1/C(O)=C1\C(=O)C(=O)N(CCN(C)C)C1c1ccc([N+](=O)[O-])cc1. The van der Waals surface area contributed by atoms with Crippen molar-refractivity contribution in [1.82, 2.24) is 9.80 Å². The molecule has 1 fully saturated rings. The number of nitrogens with zero attached hydrogens (tertiary/aromatic N) is 3. The number of nitro groups is 1. The monoisotopic (exact) mass is 481 g/mol. The molecule has 0 spiro atoms. The molecule has 9 nitrogen and oxygen atoms in total. The second-order valence-electron chi connectivity index (χ2n) is 9.33. The molecule has 3 rings (SSSR count). The maximum atomic E-state index is 13.1. The minimum Gasteiger partial charge on any atom is -0.507 e. The number of hydrogen-bond acceptors (Lipinski definition) is 7. The van der Waals surface area contributed by atoms with E-state index in [0.717, 1.165) is 0 Å². The van der Waals surface area contributed by atoms with Crippen molar-refractivity contribution in [2.45, 2.75) is 26.8 Å². The van der Waals surface area contributed by atoms with Crippen LogP contribution in [0.2, 0.25) is 0 Å². The lowest BCUT2D eigenvalue weighted by atomic mass is 9.93. The van der Waals surface area contributed by atoms with Gasteiger partial charge in [-0.1, -0.05) is 13.8 Å². The van der Waals surface area contributed by atoms with Gasteiger partial charge in [-0.3, -0.25) is 19.7 Å². The highest BCUT2D eigenvalue weighted by atomic mass is 16.6. The number of likely N-dealkylation sites (N-methyl/N-ethyl adjacent to an activating group) is 1. The van der Waals surface area contributed by atoms with Crippen molar-refractivity contribution >= 4 is 23.1 Å². The average molecular weight is 482 g/mol. The van der Waals surface area contributed by atoms with Crippen molar-refractivity contribution < 1.29 is 24.4 Å². The summed E-state index contributed by atoms with van der Waals surface area (Å²) in [7, 11) is 3.70. The Hall–Kier alpha value is -3.72. The van der Waals surface area contributed by atoms with Crippen LogP contribution in [0.15, 0.2) is 48.0 Å². The maximum Gasteiger partial charge on any atom is 0.295 e. The molecule has 1 aliphatic rings. The largest absolute Gasteiger partial charge is 0.507 e. The van der Waals surface area contributed by atoms with Gasteiger partial charge < -0.3 is 19.6 Å². The molecule has 1 N–H and O–H groups in total. The van der Waals surface area contributed by atoms with Crippen molar-refractivity contribution in [3.05, 3.63) is 74.8 Å². The van der Waals surface area contributed by atoms with Crippen LogP contribution in [0, 0.1) is 23.0 Å². The van der Waals surface area contributed by atoms with E-state index in [4.69, 9.17) is 4.74 Å². The lowest BCUT2D eigenvalue weighted by Crippen LogP contribution is -2.35. The Labute approximate surface area is 204 Å². The van der Waals surface area contributed by atoms with E-state index in [1.54, 1.807) is 25.1 Å². The molecule has 1 unspecified atom stereocenters. The third-order valence-corrected chi connectivity index (χ3v) is 5.78. The number of hydrogen-bond donors (Lipinski definition) is 1. The number of ketones is 1. The Morgan fingerprint density at radius 1 is 1.17 bits per heavy atom. The zero-order chi connectivity index (χ0) is 25.9. The first-order chi connectivity index (χ1) is 16.5. The van der Waals surface area contributed by atoms with Gasteiger partial charge >= 0.3 is 0 Å². The fourth-order valence-electron chi connectivity index (χ4n) is 3.94. The molecule has 9 heteroatoms. The first kappa shape index (κ1) is 25.9. The lowest BCUT2D eigenvalue weighted by molar-refractivity contribution is -0.384. The Morgan fingerprint density at radius 2 is 1.83 bits per heavy atom. The van der Waals surface area contributed by atoms with Gasteiger partial charge in [-0.2, -0.15) is 0 Å². The molecule has 0 aliphatic carbocycles. The van der Waals surface area contributed by atoms with Crippen LogP contribution < -0.4 is 4.74 Å². The number of carbonyl (C=O) groups excluding carboxylic acids is 2. The molecular weight excluding hydrogens is 450 g/mol.